The molecule has 0 aliphatic carbocycles. The molecule has 1 aliphatic rings. The molecular formula is C16H23NO3. The molecule has 0 radical (unpaired) electrons. The van der Waals surface area contributed by atoms with Crippen LogP contribution in [0.4, 0.5) is 0 Å². The molecule has 20 heavy (non-hydrogen) atoms. The number of rotatable bonds is 3. The smallest absolute Gasteiger partial charge is 0.260 e. The van der Waals surface area contributed by atoms with Crippen molar-refractivity contribution in [2.24, 2.45) is 0 Å². The van der Waals surface area contributed by atoms with Crippen molar-refractivity contribution in [1.29, 1.82) is 0 Å². The van der Waals surface area contributed by atoms with Gasteiger partial charge in [-0.1, -0.05) is 12.1 Å². The number of hydrogen-bond donors (Lipinski definition) is 0. The van der Waals surface area contributed by atoms with Crippen LogP contribution in [0.5, 0.6) is 5.75 Å². The fraction of sp³-hybridized carbons (Fsp3) is 0.562. The molecule has 0 unspecified atom stereocenters. The van der Waals surface area contributed by atoms with Crippen LogP contribution in [-0.2, 0) is 9.53 Å². The second-order valence-corrected chi connectivity index (χ2v) is 5.61. The Labute approximate surface area is 120 Å². The minimum Gasteiger partial charge on any atom is -0.483 e. The number of hydrogen-bond acceptors (Lipinski definition) is 3. The standard InChI is InChI=1S/C16H23NO3/c1-11-5-6-12(2)15(7-11)19-10-16(18)17-8-13(3)20-14(4)9-17/h5-7,13-14H,8-10H2,1-4H3/t13-,14+. The van der Waals surface area contributed by atoms with Crippen molar-refractivity contribution in [1.82, 2.24) is 4.90 Å². The van der Waals surface area contributed by atoms with Crippen molar-refractivity contribution < 1.29 is 14.3 Å². The zero-order chi connectivity index (χ0) is 14.7. The van der Waals surface area contributed by atoms with Crippen molar-refractivity contribution in [3.63, 3.8) is 0 Å². The first-order chi connectivity index (χ1) is 9.45. The van der Waals surface area contributed by atoms with Crippen molar-refractivity contribution in [2.45, 2.75) is 39.9 Å². The van der Waals surface area contributed by atoms with Gasteiger partial charge >= 0.3 is 0 Å². The molecule has 0 N–H and O–H groups in total. The first kappa shape index (κ1) is 14.9. The van der Waals surface area contributed by atoms with E-state index in [0.29, 0.717) is 13.1 Å². The van der Waals surface area contributed by atoms with Gasteiger partial charge in [0.1, 0.15) is 5.75 Å². The SMILES string of the molecule is Cc1ccc(C)c(OCC(=O)N2C[C@@H](C)O[C@@H](C)C2)c1. The van der Waals surface area contributed by atoms with E-state index < -0.39 is 0 Å². The highest BCUT2D eigenvalue weighted by Crippen LogP contribution is 2.19. The Morgan fingerprint density at radius 2 is 1.95 bits per heavy atom. The summed E-state index contributed by atoms with van der Waals surface area (Å²) in [4.78, 5) is 14.0. The van der Waals surface area contributed by atoms with Gasteiger partial charge in [-0.2, -0.15) is 0 Å². The summed E-state index contributed by atoms with van der Waals surface area (Å²) in [6, 6.07) is 6.01. The van der Waals surface area contributed by atoms with E-state index >= 15 is 0 Å². The molecule has 2 atom stereocenters. The maximum absolute atomic E-state index is 12.2. The lowest BCUT2D eigenvalue weighted by Gasteiger charge is -2.35. The first-order valence-electron chi connectivity index (χ1n) is 7.09. The quantitative estimate of drug-likeness (QED) is 0.851. The molecule has 2 rings (SSSR count). The Kier molecular flexibility index (Phi) is 4.65. The lowest BCUT2D eigenvalue weighted by atomic mass is 10.1. The highest BCUT2D eigenvalue weighted by molar-refractivity contribution is 5.78. The van der Waals surface area contributed by atoms with E-state index in [1.165, 1.54) is 0 Å². The van der Waals surface area contributed by atoms with Gasteiger partial charge in [0.2, 0.25) is 0 Å². The van der Waals surface area contributed by atoms with E-state index in [-0.39, 0.29) is 24.7 Å². The normalized spacial score (nSPS) is 22.7. The molecule has 1 aromatic carbocycles. The zero-order valence-electron chi connectivity index (χ0n) is 12.7. The second-order valence-electron chi connectivity index (χ2n) is 5.61. The molecule has 0 aromatic heterocycles. The molecule has 0 spiro atoms. The summed E-state index contributed by atoms with van der Waals surface area (Å²) in [6.07, 6.45) is 0.173. The summed E-state index contributed by atoms with van der Waals surface area (Å²) < 4.78 is 11.3. The van der Waals surface area contributed by atoms with Gasteiger partial charge in [0.15, 0.2) is 6.61 Å². The summed E-state index contributed by atoms with van der Waals surface area (Å²) in [6.45, 7) is 9.34. The van der Waals surface area contributed by atoms with E-state index in [0.717, 1.165) is 16.9 Å². The largest absolute Gasteiger partial charge is 0.483 e. The van der Waals surface area contributed by atoms with Gasteiger partial charge in [-0.15, -0.1) is 0 Å². The third-order valence-electron chi connectivity index (χ3n) is 3.47. The molecule has 1 fully saturated rings. The fourth-order valence-corrected chi connectivity index (χ4v) is 2.48. The second kappa shape index (κ2) is 6.27. The zero-order valence-corrected chi connectivity index (χ0v) is 12.7. The van der Waals surface area contributed by atoms with E-state index in [2.05, 4.69) is 0 Å². The van der Waals surface area contributed by atoms with Crippen LogP contribution in [0.25, 0.3) is 0 Å². The lowest BCUT2D eigenvalue weighted by molar-refractivity contribution is -0.145. The van der Waals surface area contributed by atoms with Gasteiger partial charge in [-0.05, 0) is 44.9 Å². The summed E-state index contributed by atoms with van der Waals surface area (Å²) in [5.74, 6) is 0.806. The number of benzene rings is 1. The lowest BCUT2D eigenvalue weighted by Crippen LogP contribution is -2.49. The Morgan fingerprint density at radius 3 is 2.60 bits per heavy atom. The van der Waals surface area contributed by atoms with Gasteiger partial charge in [0.25, 0.3) is 5.91 Å². The average molecular weight is 277 g/mol. The third-order valence-corrected chi connectivity index (χ3v) is 3.47. The molecule has 1 saturated heterocycles. The topological polar surface area (TPSA) is 38.8 Å². The molecule has 0 bridgehead atoms. The van der Waals surface area contributed by atoms with Crippen molar-refractivity contribution in [3.8, 4) is 5.75 Å². The number of carbonyl (C=O) groups excluding carboxylic acids is 1. The fourth-order valence-electron chi connectivity index (χ4n) is 2.48. The summed E-state index contributed by atoms with van der Waals surface area (Å²) >= 11 is 0. The highest BCUT2D eigenvalue weighted by Gasteiger charge is 2.26. The maximum atomic E-state index is 12.2. The van der Waals surface area contributed by atoms with Gasteiger partial charge in [-0.3, -0.25) is 4.79 Å². The van der Waals surface area contributed by atoms with E-state index in [4.69, 9.17) is 9.47 Å². The van der Waals surface area contributed by atoms with Crippen molar-refractivity contribution in [3.05, 3.63) is 29.3 Å². The van der Waals surface area contributed by atoms with Gasteiger partial charge in [-0.25, -0.2) is 0 Å². The monoisotopic (exact) mass is 277 g/mol. The van der Waals surface area contributed by atoms with Gasteiger partial charge in [0, 0.05) is 13.1 Å². The van der Waals surface area contributed by atoms with Crippen molar-refractivity contribution >= 4 is 5.91 Å². The molecule has 0 saturated carbocycles. The van der Waals surface area contributed by atoms with E-state index in [1.807, 2.05) is 50.8 Å². The summed E-state index contributed by atoms with van der Waals surface area (Å²) in [5.41, 5.74) is 2.18. The molecule has 1 aliphatic heterocycles. The van der Waals surface area contributed by atoms with Crippen molar-refractivity contribution in [2.75, 3.05) is 19.7 Å². The van der Waals surface area contributed by atoms with E-state index in [9.17, 15) is 4.79 Å². The summed E-state index contributed by atoms with van der Waals surface area (Å²) in [5, 5.41) is 0. The number of nitrogens with zero attached hydrogens (tertiary/aromatic N) is 1. The van der Waals surface area contributed by atoms with Crippen LogP contribution in [0.3, 0.4) is 0 Å². The third kappa shape index (κ3) is 3.73. The Hall–Kier alpha value is -1.55. The predicted molar refractivity (Wildman–Crippen MR) is 78.0 cm³/mol. The van der Waals surface area contributed by atoms with Crippen LogP contribution in [0.15, 0.2) is 18.2 Å². The Balaban J connectivity index is 1.93. The number of morpholine rings is 1. The van der Waals surface area contributed by atoms with Crippen LogP contribution >= 0.6 is 0 Å². The van der Waals surface area contributed by atoms with Crippen LogP contribution in [-0.4, -0.2) is 42.7 Å². The molecule has 4 nitrogen and oxygen atoms in total. The highest BCUT2D eigenvalue weighted by atomic mass is 16.5. The number of carbonyl (C=O) groups is 1. The number of ether oxygens (including phenoxy) is 2. The van der Waals surface area contributed by atoms with Crippen LogP contribution in [0.1, 0.15) is 25.0 Å². The predicted octanol–water partition coefficient (Wildman–Crippen LogP) is 2.32. The van der Waals surface area contributed by atoms with Gasteiger partial charge < -0.3 is 14.4 Å². The minimum absolute atomic E-state index is 0.0212. The Morgan fingerprint density at radius 1 is 1.30 bits per heavy atom. The molecule has 1 aromatic rings. The Bertz CT molecular complexity index is 477. The minimum atomic E-state index is 0.0212. The number of aryl methyl sites for hydroxylation is 2. The molecule has 1 amide bonds. The summed E-state index contributed by atoms with van der Waals surface area (Å²) in [7, 11) is 0. The first-order valence-corrected chi connectivity index (χ1v) is 7.09. The van der Waals surface area contributed by atoms with Crippen LogP contribution < -0.4 is 4.74 Å². The van der Waals surface area contributed by atoms with Crippen LogP contribution in [0, 0.1) is 13.8 Å². The molecule has 4 heteroatoms. The molecule has 110 valence electrons. The van der Waals surface area contributed by atoms with Gasteiger partial charge in [0.05, 0.1) is 12.2 Å². The van der Waals surface area contributed by atoms with E-state index in [1.54, 1.807) is 0 Å². The maximum Gasteiger partial charge on any atom is 0.260 e. The number of amides is 1. The van der Waals surface area contributed by atoms with Crippen LogP contribution in [0.2, 0.25) is 0 Å². The average Bonchev–Trinajstić information content (AvgIpc) is 2.38. The molecule has 1 heterocycles. The molecular weight excluding hydrogens is 254 g/mol.